The topological polar surface area (TPSA) is 65.1 Å². The summed E-state index contributed by atoms with van der Waals surface area (Å²) in [5.74, 6) is -0.291. The van der Waals surface area contributed by atoms with Gasteiger partial charge < -0.3 is 4.57 Å². The van der Waals surface area contributed by atoms with Crippen molar-refractivity contribution in [1.82, 2.24) is 24.4 Å². The minimum absolute atomic E-state index is 0.128. The second-order valence-corrected chi connectivity index (χ2v) is 6.61. The fourth-order valence-electron chi connectivity index (χ4n) is 3.41. The average Bonchev–Trinajstić information content (AvgIpc) is 3.42. The van der Waals surface area contributed by atoms with Crippen molar-refractivity contribution in [2.24, 2.45) is 0 Å². The molecule has 0 aliphatic heterocycles. The fourth-order valence-corrected chi connectivity index (χ4v) is 3.41. The Bertz CT molecular complexity index is 1200. The Hall–Kier alpha value is -3.09. The van der Waals surface area contributed by atoms with Crippen molar-refractivity contribution in [2.45, 2.75) is 32.2 Å². The number of pyridine rings is 1. The molecule has 1 saturated carbocycles. The average molecular weight is 349 g/mol. The minimum Gasteiger partial charge on any atom is -0.310 e. The van der Waals surface area contributed by atoms with Crippen LogP contribution in [0.4, 0.5) is 4.39 Å². The predicted octanol–water partition coefficient (Wildman–Crippen LogP) is 3.14. The summed E-state index contributed by atoms with van der Waals surface area (Å²) in [6, 6.07) is 8.41. The van der Waals surface area contributed by atoms with Gasteiger partial charge in [0.1, 0.15) is 11.3 Å². The van der Waals surface area contributed by atoms with E-state index in [1.807, 2.05) is 19.2 Å². The standard InChI is InChI=1S/C19H16FN5O/c1-2-14-16(11-3-5-12(20)6-4-11)18-22-21-17-15(25(18)23-14)9-10-24(19(17)26)13-7-8-13/h3-6,9-10,13H,2,7-8H2,1H3. The number of rotatable bonds is 3. The maximum atomic E-state index is 13.3. The molecule has 3 aromatic heterocycles. The molecule has 26 heavy (non-hydrogen) atoms. The lowest BCUT2D eigenvalue weighted by molar-refractivity contribution is 0.628. The van der Waals surface area contributed by atoms with Gasteiger partial charge in [-0.3, -0.25) is 4.79 Å². The monoisotopic (exact) mass is 349 g/mol. The summed E-state index contributed by atoms with van der Waals surface area (Å²) in [5.41, 5.74) is 3.90. The van der Waals surface area contributed by atoms with E-state index in [-0.39, 0.29) is 17.4 Å². The van der Waals surface area contributed by atoms with E-state index in [9.17, 15) is 9.18 Å². The van der Waals surface area contributed by atoms with Gasteiger partial charge in [0.05, 0.1) is 11.3 Å². The number of hydrogen-bond donors (Lipinski definition) is 0. The van der Waals surface area contributed by atoms with Gasteiger partial charge in [-0.05, 0) is 43.0 Å². The van der Waals surface area contributed by atoms with Crippen molar-refractivity contribution in [2.75, 3.05) is 0 Å². The van der Waals surface area contributed by atoms with Crippen LogP contribution in [0.2, 0.25) is 0 Å². The molecule has 1 aliphatic rings. The smallest absolute Gasteiger partial charge is 0.280 e. The first-order valence-electron chi connectivity index (χ1n) is 8.72. The Balaban J connectivity index is 1.81. The molecule has 4 aromatic rings. The molecule has 0 amide bonds. The molecular formula is C19H16FN5O. The van der Waals surface area contributed by atoms with Crippen LogP contribution in [-0.2, 0) is 6.42 Å². The molecule has 0 atom stereocenters. The van der Waals surface area contributed by atoms with Gasteiger partial charge in [-0.15, -0.1) is 10.2 Å². The Kier molecular flexibility index (Phi) is 3.19. The van der Waals surface area contributed by atoms with Crippen LogP contribution in [-0.4, -0.2) is 24.4 Å². The van der Waals surface area contributed by atoms with Crippen LogP contribution in [0.1, 0.15) is 31.5 Å². The third kappa shape index (κ3) is 2.16. The van der Waals surface area contributed by atoms with E-state index in [4.69, 9.17) is 0 Å². The predicted molar refractivity (Wildman–Crippen MR) is 95.6 cm³/mol. The molecule has 6 nitrogen and oxygen atoms in total. The summed E-state index contributed by atoms with van der Waals surface area (Å²) in [6.45, 7) is 2.00. The van der Waals surface area contributed by atoms with Crippen molar-refractivity contribution >= 4 is 16.7 Å². The van der Waals surface area contributed by atoms with E-state index in [0.717, 1.165) is 29.7 Å². The zero-order valence-electron chi connectivity index (χ0n) is 14.2. The van der Waals surface area contributed by atoms with Crippen molar-refractivity contribution < 1.29 is 4.39 Å². The first-order valence-corrected chi connectivity index (χ1v) is 8.72. The SMILES string of the molecule is CCc1nn2c(nnc3c(=O)n(C4CC4)ccc32)c1-c1ccc(F)cc1. The first-order chi connectivity index (χ1) is 12.7. The van der Waals surface area contributed by atoms with Crippen LogP contribution in [0.15, 0.2) is 41.3 Å². The summed E-state index contributed by atoms with van der Waals surface area (Å²) in [6.07, 6.45) is 4.56. The van der Waals surface area contributed by atoms with Gasteiger partial charge >= 0.3 is 0 Å². The number of aromatic nitrogens is 5. The molecule has 1 aliphatic carbocycles. The largest absolute Gasteiger partial charge is 0.310 e. The van der Waals surface area contributed by atoms with Crippen LogP contribution >= 0.6 is 0 Å². The maximum Gasteiger partial charge on any atom is 0.280 e. The Morgan fingerprint density at radius 2 is 1.92 bits per heavy atom. The van der Waals surface area contributed by atoms with Crippen LogP contribution in [0, 0.1) is 5.82 Å². The van der Waals surface area contributed by atoms with Crippen LogP contribution in [0.5, 0.6) is 0 Å². The lowest BCUT2D eigenvalue weighted by Gasteiger charge is -2.05. The number of halogens is 1. The fraction of sp³-hybridized carbons (Fsp3) is 0.263. The van der Waals surface area contributed by atoms with E-state index in [2.05, 4.69) is 15.3 Å². The summed E-state index contributed by atoms with van der Waals surface area (Å²) >= 11 is 0. The molecule has 0 saturated heterocycles. The third-order valence-corrected chi connectivity index (χ3v) is 4.89. The number of nitrogens with zero attached hydrogens (tertiary/aromatic N) is 5. The van der Waals surface area contributed by atoms with Crippen molar-refractivity contribution in [3.05, 3.63) is 58.4 Å². The quantitative estimate of drug-likeness (QED) is 0.570. The van der Waals surface area contributed by atoms with E-state index in [0.29, 0.717) is 23.1 Å². The van der Waals surface area contributed by atoms with Crippen LogP contribution < -0.4 is 5.56 Å². The molecule has 7 heteroatoms. The lowest BCUT2D eigenvalue weighted by atomic mass is 10.0. The van der Waals surface area contributed by atoms with Gasteiger partial charge in [0.2, 0.25) is 0 Å². The number of fused-ring (bicyclic) bond motifs is 3. The highest BCUT2D eigenvalue weighted by Crippen LogP contribution is 2.34. The van der Waals surface area contributed by atoms with Gasteiger partial charge in [-0.2, -0.15) is 5.10 Å². The second kappa shape index (κ2) is 5.45. The molecule has 0 radical (unpaired) electrons. The second-order valence-electron chi connectivity index (χ2n) is 6.61. The number of hydrogen-bond acceptors (Lipinski definition) is 4. The van der Waals surface area contributed by atoms with Gasteiger partial charge in [-0.1, -0.05) is 19.1 Å². The van der Waals surface area contributed by atoms with E-state index in [1.165, 1.54) is 12.1 Å². The molecule has 0 bridgehead atoms. The summed E-state index contributed by atoms with van der Waals surface area (Å²) < 4.78 is 16.7. The van der Waals surface area contributed by atoms with Crippen LogP contribution in [0.25, 0.3) is 27.8 Å². The summed E-state index contributed by atoms with van der Waals surface area (Å²) in [4.78, 5) is 12.7. The molecule has 5 rings (SSSR count). The first kappa shape index (κ1) is 15.2. The summed E-state index contributed by atoms with van der Waals surface area (Å²) in [5, 5.41) is 13.2. The van der Waals surface area contributed by atoms with Crippen molar-refractivity contribution in [3.8, 4) is 11.1 Å². The van der Waals surface area contributed by atoms with E-state index >= 15 is 0 Å². The van der Waals surface area contributed by atoms with E-state index in [1.54, 1.807) is 21.2 Å². The molecule has 130 valence electrons. The number of benzene rings is 1. The molecule has 0 N–H and O–H groups in total. The zero-order valence-corrected chi connectivity index (χ0v) is 14.2. The highest BCUT2D eigenvalue weighted by Gasteiger charge is 2.26. The van der Waals surface area contributed by atoms with Gasteiger partial charge in [0.15, 0.2) is 11.2 Å². The number of aryl methyl sites for hydroxylation is 1. The van der Waals surface area contributed by atoms with Gasteiger partial charge in [0.25, 0.3) is 5.56 Å². The van der Waals surface area contributed by atoms with Crippen LogP contribution in [0.3, 0.4) is 0 Å². The maximum absolute atomic E-state index is 13.3. The highest BCUT2D eigenvalue weighted by atomic mass is 19.1. The normalized spacial score (nSPS) is 14.4. The minimum atomic E-state index is -0.291. The van der Waals surface area contributed by atoms with Crippen molar-refractivity contribution in [1.29, 1.82) is 0 Å². The van der Waals surface area contributed by atoms with E-state index < -0.39 is 0 Å². The molecule has 0 unspecified atom stereocenters. The third-order valence-electron chi connectivity index (χ3n) is 4.89. The zero-order chi connectivity index (χ0) is 17.8. The summed E-state index contributed by atoms with van der Waals surface area (Å²) in [7, 11) is 0. The van der Waals surface area contributed by atoms with Gasteiger partial charge in [-0.25, -0.2) is 8.91 Å². The van der Waals surface area contributed by atoms with Gasteiger partial charge in [0, 0.05) is 12.2 Å². The molecule has 1 fully saturated rings. The Morgan fingerprint density at radius 1 is 1.15 bits per heavy atom. The lowest BCUT2D eigenvalue weighted by Crippen LogP contribution is -2.20. The molecule has 3 heterocycles. The van der Waals surface area contributed by atoms with Crippen molar-refractivity contribution in [3.63, 3.8) is 0 Å². The highest BCUT2D eigenvalue weighted by molar-refractivity contribution is 5.84. The Labute approximate surface area is 147 Å². The Morgan fingerprint density at radius 3 is 2.62 bits per heavy atom. The molecule has 0 spiro atoms. The molecular weight excluding hydrogens is 333 g/mol. The molecule has 1 aromatic carbocycles.